The lowest BCUT2D eigenvalue weighted by molar-refractivity contribution is -0.128. The van der Waals surface area contributed by atoms with Gasteiger partial charge in [0.2, 0.25) is 5.91 Å². The number of fused-ring (bicyclic) bond motifs is 3. The predicted octanol–water partition coefficient (Wildman–Crippen LogP) is 3.96. The van der Waals surface area contributed by atoms with E-state index in [-0.39, 0.29) is 18.1 Å². The van der Waals surface area contributed by atoms with E-state index in [1.165, 1.54) is 15.7 Å². The van der Waals surface area contributed by atoms with E-state index >= 15 is 0 Å². The Bertz CT molecular complexity index is 1360. The average molecular weight is 433 g/mol. The third-order valence-electron chi connectivity index (χ3n) is 5.62. The molecular weight excluding hydrogens is 412 g/mol. The zero-order valence-corrected chi connectivity index (χ0v) is 17.6. The first-order valence-electron chi connectivity index (χ1n) is 10.2. The van der Waals surface area contributed by atoms with Crippen molar-refractivity contribution in [2.45, 2.75) is 12.8 Å². The molecule has 5 rings (SSSR count). The summed E-state index contributed by atoms with van der Waals surface area (Å²) in [5, 5.41) is 2.91. The third kappa shape index (κ3) is 3.51. The van der Waals surface area contributed by atoms with Crippen molar-refractivity contribution in [3.63, 3.8) is 0 Å². The number of likely N-dealkylation sites (tertiary alicyclic amines) is 1. The van der Waals surface area contributed by atoms with Crippen LogP contribution in [-0.4, -0.2) is 40.9 Å². The summed E-state index contributed by atoms with van der Waals surface area (Å²) >= 11 is 1.48. The van der Waals surface area contributed by atoms with E-state index in [0.717, 1.165) is 22.1 Å². The second-order valence-corrected chi connectivity index (χ2v) is 8.42. The van der Waals surface area contributed by atoms with Crippen molar-refractivity contribution in [2.75, 3.05) is 19.7 Å². The highest BCUT2D eigenvalue weighted by atomic mass is 32.1. The molecule has 1 aliphatic rings. The first-order valence-corrected chi connectivity index (χ1v) is 11.1. The second-order valence-electron chi connectivity index (χ2n) is 7.50. The smallest absolute Gasteiger partial charge is 0.340 e. The Morgan fingerprint density at radius 3 is 2.71 bits per heavy atom. The lowest BCUT2D eigenvalue weighted by Crippen LogP contribution is -2.29. The fourth-order valence-corrected chi connectivity index (χ4v) is 5.00. The van der Waals surface area contributed by atoms with Gasteiger partial charge in [-0.1, -0.05) is 30.3 Å². The van der Waals surface area contributed by atoms with Crippen LogP contribution in [0.4, 0.5) is 0 Å². The molecule has 0 saturated carbocycles. The van der Waals surface area contributed by atoms with Gasteiger partial charge >= 0.3 is 5.97 Å². The molecule has 4 heterocycles. The third-order valence-corrected chi connectivity index (χ3v) is 6.56. The van der Waals surface area contributed by atoms with Crippen molar-refractivity contribution in [3.8, 4) is 11.1 Å². The molecule has 0 aliphatic carbocycles. The van der Waals surface area contributed by atoms with Crippen LogP contribution in [-0.2, 0) is 9.53 Å². The Labute approximate surface area is 182 Å². The molecule has 156 valence electrons. The van der Waals surface area contributed by atoms with E-state index in [1.807, 2.05) is 47.8 Å². The molecule has 1 saturated heterocycles. The summed E-state index contributed by atoms with van der Waals surface area (Å²) in [5.74, 6) is -0.401. The number of hydrogen-bond acceptors (Lipinski definition) is 5. The molecule has 0 bridgehead atoms. The summed E-state index contributed by atoms with van der Waals surface area (Å²) in [5.41, 5.74) is 1.90. The van der Waals surface area contributed by atoms with Crippen LogP contribution in [0.2, 0.25) is 0 Å². The molecule has 31 heavy (non-hydrogen) atoms. The number of pyridine rings is 2. The van der Waals surface area contributed by atoms with Crippen LogP contribution in [0, 0.1) is 0 Å². The predicted molar refractivity (Wildman–Crippen MR) is 121 cm³/mol. The minimum absolute atomic E-state index is 0.0967. The maximum absolute atomic E-state index is 13.3. The van der Waals surface area contributed by atoms with E-state index in [0.29, 0.717) is 36.2 Å². The number of thiophene rings is 1. The maximum Gasteiger partial charge on any atom is 0.340 e. The van der Waals surface area contributed by atoms with Gasteiger partial charge < -0.3 is 9.64 Å². The number of amides is 1. The molecule has 1 amide bonds. The lowest BCUT2D eigenvalue weighted by atomic mass is 10.0. The van der Waals surface area contributed by atoms with Crippen LogP contribution < -0.4 is 5.56 Å². The zero-order chi connectivity index (χ0) is 21.4. The molecule has 0 N–H and O–H groups in total. The standard InChI is InChI=1S/C24H20N2O4S/c27-20-7-4-10-25(20)12-13-30-24(29)19-15-18(16-5-2-1-3-6-16)23(28)26-11-8-17-9-14-31-22(17)21(19)26/h1-3,5-6,8-9,11,14-15H,4,7,10,12-13H2. The fraction of sp³-hybridized carbons (Fsp3) is 0.208. The molecule has 1 aliphatic heterocycles. The van der Waals surface area contributed by atoms with Crippen molar-refractivity contribution in [1.82, 2.24) is 9.30 Å². The number of benzene rings is 1. The molecule has 1 aromatic carbocycles. The summed E-state index contributed by atoms with van der Waals surface area (Å²) < 4.78 is 7.95. The second kappa shape index (κ2) is 8.00. The van der Waals surface area contributed by atoms with Crippen LogP contribution >= 0.6 is 11.3 Å². The molecule has 0 spiro atoms. The van der Waals surface area contributed by atoms with Gasteiger partial charge in [-0.15, -0.1) is 11.3 Å². The molecule has 4 aromatic rings. The summed E-state index contributed by atoms with van der Waals surface area (Å²) in [4.78, 5) is 39.9. The number of aromatic nitrogens is 1. The minimum Gasteiger partial charge on any atom is -0.460 e. The first-order chi connectivity index (χ1) is 15.1. The topological polar surface area (TPSA) is 68.1 Å². The quantitative estimate of drug-likeness (QED) is 0.448. The molecule has 6 nitrogen and oxygen atoms in total. The summed E-state index contributed by atoms with van der Waals surface area (Å²) in [6.45, 7) is 1.21. The van der Waals surface area contributed by atoms with Gasteiger partial charge in [0.15, 0.2) is 0 Å². The number of carbonyl (C=O) groups is 2. The van der Waals surface area contributed by atoms with E-state index in [4.69, 9.17) is 4.74 Å². The summed E-state index contributed by atoms with van der Waals surface area (Å²) in [6, 6.07) is 14.8. The lowest BCUT2D eigenvalue weighted by Gasteiger charge is -2.16. The van der Waals surface area contributed by atoms with Crippen LogP contribution in [0.5, 0.6) is 0 Å². The van der Waals surface area contributed by atoms with Gasteiger partial charge in [-0.2, -0.15) is 0 Å². The van der Waals surface area contributed by atoms with Crippen molar-refractivity contribution in [3.05, 3.63) is 76.0 Å². The Balaban J connectivity index is 1.58. The van der Waals surface area contributed by atoms with Gasteiger partial charge in [-0.05, 0) is 40.9 Å². The van der Waals surface area contributed by atoms with E-state index in [9.17, 15) is 14.4 Å². The van der Waals surface area contributed by atoms with E-state index < -0.39 is 5.97 Å². The molecule has 0 radical (unpaired) electrons. The summed E-state index contributed by atoms with van der Waals surface area (Å²) in [7, 11) is 0. The van der Waals surface area contributed by atoms with E-state index in [2.05, 4.69) is 0 Å². The normalized spacial score (nSPS) is 13.9. The number of rotatable bonds is 5. The number of esters is 1. The van der Waals surface area contributed by atoms with Gasteiger partial charge in [0, 0.05) is 24.7 Å². The molecule has 7 heteroatoms. The van der Waals surface area contributed by atoms with Gasteiger partial charge in [-0.3, -0.25) is 14.0 Å². The van der Waals surface area contributed by atoms with Crippen molar-refractivity contribution >= 4 is 38.8 Å². The van der Waals surface area contributed by atoms with Crippen LogP contribution in [0.1, 0.15) is 23.2 Å². The Kier molecular flexibility index (Phi) is 5.03. The van der Waals surface area contributed by atoms with Crippen molar-refractivity contribution in [2.24, 2.45) is 0 Å². The SMILES string of the molecule is O=C(OCCN1CCCC1=O)c1cc(-c2ccccc2)c(=O)n2ccc3ccsc3c12. The first kappa shape index (κ1) is 19.5. The van der Waals surface area contributed by atoms with E-state index in [1.54, 1.807) is 17.2 Å². The summed E-state index contributed by atoms with van der Waals surface area (Å²) in [6.07, 6.45) is 3.10. The zero-order valence-electron chi connectivity index (χ0n) is 16.7. The van der Waals surface area contributed by atoms with Gasteiger partial charge in [0.25, 0.3) is 5.56 Å². The van der Waals surface area contributed by atoms with Gasteiger partial charge in [0.05, 0.1) is 22.3 Å². The van der Waals surface area contributed by atoms with Crippen molar-refractivity contribution < 1.29 is 14.3 Å². The highest BCUT2D eigenvalue weighted by molar-refractivity contribution is 7.18. The molecule has 1 fully saturated rings. The Morgan fingerprint density at radius 2 is 1.94 bits per heavy atom. The molecule has 3 aromatic heterocycles. The van der Waals surface area contributed by atoms with Crippen molar-refractivity contribution in [1.29, 1.82) is 0 Å². The average Bonchev–Trinajstić information content (AvgIpc) is 3.43. The number of nitrogens with zero attached hydrogens (tertiary/aromatic N) is 2. The highest BCUT2D eigenvalue weighted by Gasteiger charge is 2.22. The molecule has 0 unspecified atom stereocenters. The van der Waals surface area contributed by atoms with Gasteiger partial charge in [-0.25, -0.2) is 4.79 Å². The molecular formula is C24H20N2O4S. The minimum atomic E-state index is -0.498. The highest BCUT2D eigenvalue weighted by Crippen LogP contribution is 2.29. The van der Waals surface area contributed by atoms with Gasteiger partial charge in [0.1, 0.15) is 6.61 Å². The largest absolute Gasteiger partial charge is 0.460 e. The van der Waals surface area contributed by atoms with Crippen LogP contribution in [0.3, 0.4) is 0 Å². The number of hydrogen-bond donors (Lipinski definition) is 0. The maximum atomic E-state index is 13.3. The van der Waals surface area contributed by atoms with Crippen LogP contribution in [0.15, 0.2) is 64.9 Å². The number of ether oxygens (including phenoxy) is 1. The molecule has 0 atom stereocenters. The Hall–Kier alpha value is -3.45. The van der Waals surface area contributed by atoms with Crippen LogP contribution in [0.25, 0.3) is 26.7 Å². The Morgan fingerprint density at radius 1 is 1.10 bits per heavy atom. The fourth-order valence-electron chi connectivity index (χ4n) is 4.05. The monoisotopic (exact) mass is 432 g/mol. The number of carbonyl (C=O) groups excluding carboxylic acids is 2.